The smallest absolute Gasteiger partial charge is 0.367 e. The van der Waals surface area contributed by atoms with E-state index in [2.05, 4.69) is 10.6 Å². The molecule has 4 rings (SSSR count). The van der Waals surface area contributed by atoms with Gasteiger partial charge in [-0.05, 0) is 44.0 Å². The number of carbonyl (C=O) groups excluding carboxylic acids is 2. The molecule has 4 N–H and O–H groups in total. The normalized spacial score (nSPS) is 19.1. The van der Waals surface area contributed by atoms with Crippen molar-refractivity contribution in [2.75, 3.05) is 36.4 Å². The minimum atomic E-state index is -4.24. The van der Waals surface area contributed by atoms with Crippen LogP contribution in [0.3, 0.4) is 0 Å². The topological polar surface area (TPSA) is 90.7 Å². The van der Waals surface area contributed by atoms with Crippen molar-refractivity contribution in [3.05, 3.63) is 58.1 Å². The summed E-state index contributed by atoms with van der Waals surface area (Å²) < 4.78 is 67.6. The second-order valence-electron chi connectivity index (χ2n) is 10.1. The molecule has 2 aromatic carbocycles. The summed E-state index contributed by atoms with van der Waals surface area (Å²) in [5.41, 5.74) is 4.96. The lowest BCUT2D eigenvalue weighted by Gasteiger charge is -2.41. The average molecular weight is 574 g/mol. The molecule has 0 unspecified atom stereocenters. The molecule has 0 radical (unpaired) electrons. The van der Waals surface area contributed by atoms with Gasteiger partial charge in [-0.1, -0.05) is 17.7 Å². The Kier molecular flexibility index (Phi) is 8.38. The number of carbonyl (C=O) groups is 2. The Labute approximate surface area is 227 Å². The van der Waals surface area contributed by atoms with E-state index >= 15 is 0 Å². The van der Waals surface area contributed by atoms with Crippen molar-refractivity contribution >= 4 is 34.8 Å². The first-order chi connectivity index (χ1) is 18.3. The zero-order valence-electron chi connectivity index (χ0n) is 21.2. The summed E-state index contributed by atoms with van der Waals surface area (Å²) in [5, 5.41) is 5.44. The molecule has 1 aliphatic heterocycles. The Bertz CT molecular complexity index is 1250. The highest BCUT2D eigenvalue weighted by Crippen LogP contribution is 2.33. The Morgan fingerprint density at radius 1 is 1.13 bits per heavy atom. The Balaban J connectivity index is 1.45. The zero-order valence-corrected chi connectivity index (χ0v) is 21.9. The third kappa shape index (κ3) is 6.98. The van der Waals surface area contributed by atoms with Crippen LogP contribution in [0.5, 0.6) is 0 Å². The largest absolute Gasteiger partial charge is 0.390 e. The molecule has 0 aromatic heterocycles. The van der Waals surface area contributed by atoms with Gasteiger partial charge in [-0.2, -0.15) is 13.2 Å². The Morgan fingerprint density at radius 3 is 2.49 bits per heavy atom. The lowest BCUT2D eigenvalue weighted by molar-refractivity contribution is -0.139. The number of alkyl halides is 3. The molecule has 1 atom stereocenters. The number of hydrogen-bond acceptors (Lipinski definition) is 5. The van der Waals surface area contributed by atoms with Crippen molar-refractivity contribution in [3.8, 4) is 0 Å². The number of hydrogen-bond donors (Lipinski definition) is 3. The van der Waals surface area contributed by atoms with Crippen LogP contribution in [0.1, 0.15) is 42.1 Å². The van der Waals surface area contributed by atoms with E-state index in [1.165, 1.54) is 18.2 Å². The molecule has 1 saturated carbocycles. The predicted octanol–water partition coefficient (Wildman–Crippen LogP) is 4.44. The minimum absolute atomic E-state index is 0.116. The van der Waals surface area contributed by atoms with Crippen LogP contribution in [0.2, 0.25) is 5.02 Å². The van der Waals surface area contributed by atoms with Crippen molar-refractivity contribution in [2.24, 2.45) is 5.73 Å². The molecule has 39 heavy (non-hydrogen) atoms. The molecule has 2 fully saturated rings. The van der Waals surface area contributed by atoms with E-state index in [0.29, 0.717) is 43.2 Å². The quantitative estimate of drug-likeness (QED) is 0.406. The number of rotatable bonds is 8. The highest BCUT2D eigenvalue weighted by atomic mass is 35.5. The van der Waals surface area contributed by atoms with Gasteiger partial charge in [0.2, 0.25) is 5.91 Å². The van der Waals surface area contributed by atoms with Gasteiger partial charge in [-0.15, -0.1) is 0 Å². The number of amides is 2. The summed E-state index contributed by atoms with van der Waals surface area (Å²) in [6.45, 7) is 2.52. The molecule has 1 aliphatic carbocycles. The maximum atomic E-state index is 14.9. The van der Waals surface area contributed by atoms with Crippen molar-refractivity contribution in [2.45, 2.75) is 50.5 Å². The number of nitrogens with one attached hydrogen (secondary N) is 2. The van der Waals surface area contributed by atoms with Gasteiger partial charge in [-0.25, -0.2) is 8.78 Å². The second-order valence-corrected chi connectivity index (χ2v) is 10.5. The summed E-state index contributed by atoms with van der Waals surface area (Å²) in [4.78, 5) is 28.6. The van der Waals surface area contributed by atoms with Gasteiger partial charge in [0, 0.05) is 49.4 Å². The third-order valence-electron chi connectivity index (χ3n) is 7.08. The number of benzene rings is 2. The fourth-order valence-electron chi connectivity index (χ4n) is 4.49. The summed E-state index contributed by atoms with van der Waals surface area (Å²) in [7, 11) is 0. The lowest BCUT2D eigenvalue weighted by atomic mass is 10.1. The van der Waals surface area contributed by atoms with Crippen molar-refractivity contribution in [1.82, 2.24) is 10.2 Å². The average Bonchev–Trinajstić information content (AvgIpc) is 3.63. The predicted molar refractivity (Wildman–Crippen MR) is 138 cm³/mol. The fourth-order valence-corrected chi connectivity index (χ4v) is 4.66. The molecule has 7 nitrogen and oxygen atoms in total. The van der Waals surface area contributed by atoms with E-state index < -0.39 is 47.1 Å². The first-order valence-corrected chi connectivity index (χ1v) is 12.9. The van der Waals surface area contributed by atoms with Gasteiger partial charge in [0.05, 0.1) is 28.9 Å². The molecule has 0 spiro atoms. The minimum Gasteiger partial charge on any atom is -0.367 e. The Morgan fingerprint density at radius 2 is 1.85 bits per heavy atom. The van der Waals surface area contributed by atoms with Crippen molar-refractivity contribution in [1.29, 1.82) is 0 Å². The van der Waals surface area contributed by atoms with E-state index in [4.69, 9.17) is 17.3 Å². The van der Waals surface area contributed by atoms with Crippen LogP contribution < -0.4 is 21.3 Å². The van der Waals surface area contributed by atoms with Gasteiger partial charge in [0.25, 0.3) is 5.91 Å². The maximum Gasteiger partial charge on any atom is 0.390 e. The van der Waals surface area contributed by atoms with Crippen LogP contribution in [0, 0.1) is 11.6 Å². The first-order valence-electron chi connectivity index (χ1n) is 12.5. The maximum absolute atomic E-state index is 14.9. The van der Waals surface area contributed by atoms with Gasteiger partial charge in [-0.3, -0.25) is 14.5 Å². The standard InChI is InChI=1S/C26H29ClF5N5O2/c1-15-14-37(11-10-36(15)9-8-26(30,31)32)20-12-17(27)3-5-19(20)35-23(38)18-4-2-16(21(28)22(18)29)13-34-24(39)25(33)6-7-25/h2-5,12,15H,6-11,13-14,33H2,1H3,(H,34,39)(H,35,38)/t15-/m1/s1. The third-order valence-corrected chi connectivity index (χ3v) is 7.32. The molecule has 1 heterocycles. The molecular formula is C26H29ClF5N5O2. The van der Waals surface area contributed by atoms with Crippen molar-refractivity contribution < 1.29 is 31.5 Å². The van der Waals surface area contributed by atoms with Crippen LogP contribution in [0.25, 0.3) is 0 Å². The van der Waals surface area contributed by atoms with Crippen LogP contribution >= 0.6 is 11.6 Å². The summed E-state index contributed by atoms with van der Waals surface area (Å²) in [5.74, 6) is -3.98. The second kappa shape index (κ2) is 11.3. The van der Waals surface area contributed by atoms with Gasteiger partial charge in [0.15, 0.2) is 11.6 Å². The van der Waals surface area contributed by atoms with Gasteiger partial charge in [0.1, 0.15) is 0 Å². The van der Waals surface area contributed by atoms with E-state index in [1.54, 1.807) is 11.0 Å². The highest BCUT2D eigenvalue weighted by Gasteiger charge is 2.45. The van der Waals surface area contributed by atoms with Crippen LogP contribution in [-0.2, 0) is 11.3 Å². The number of anilines is 2. The summed E-state index contributed by atoms with van der Waals surface area (Å²) >= 11 is 6.18. The van der Waals surface area contributed by atoms with Gasteiger partial charge >= 0.3 is 6.18 Å². The van der Waals surface area contributed by atoms with Crippen molar-refractivity contribution in [3.63, 3.8) is 0 Å². The van der Waals surface area contributed by atoms with E-state index in [1.807, 2.05) is 11.8 Å². The number of nitrogens with two attached hydrogens (primary N) is 1. The summed E-state index contributed by atoms with van der Waals surface area (Å²) in [6, 6.07) is 6.78. The van der Waals surface area contributed by atoms with Crippen LogP contribution in [-0.4, -0.2) is 60.7 Å². The number of piperazine rings is 1. The molecule has 212 valence electrons. The van der Waals surface area contributed by atoms with Crippen LogP contribution in [0.4, 0.5) is 33.3 Å². The molecule has 1 saturated heterocycles. The molecular weight excluding hydrogens is 545 g/mol. The summed E-state index contributed by atoms with van der Waals surface area (Å²) in [6.07, 6.45) is -4.11. The molecule has 13 heteroatoms. The van der Waals surface area contributed by atoms with Gasteiger partial charge < -0.3 is 21.3 Å². The lowest BCUT2D eigenvalue weighted by Crippen LogP contribution is -2.52. The SMILES string of the molecule is C[C@@H]1CN(c2cc(Cl)ccc2NC(=O)c2ccc(CNC(=O)C3(N)CC3)c(F)c2F)CCN1CCC(F)(F)F. The molecule has 2 aromatic rings. The van der Waals surface area contributed by atoms with E-state index in [0.717, 1.165) is 6.07 Å². The highest BCUT2D eigenvalue weighted by molar-refractivity contribution is 6.31. The monoisotopic (exact) mass is 573 g/mol. The number of halogens is 6. The van der Waals surface area contributed by atoms with E-state index in [-0.39, 0.29) is 30.4 Å². The fraction of sp³-hybridized carbons (Fsp3) is 0.462. The first kappa shape index (κ1) is 29.0. The molecule has 0 bridgehead atoms. The van der Waals surface area contributed by atoms with Crippen LogP contribution in [0.15, 0.2) is 30.3 Å². The Hall–Kier alpha value is -2.96. The molecule has 2 aliphatic rings. The van der Waals surface area contributed by atoms with E-state index in [9.17, 15) is 31.5 Å². The zero-order chi connectivity index (χ0) is 28.5. The number of nitrogens with zero attached hydrogens (tertiary/aromatic N) is 2. The molecule has 2 amide bonds.